The minimum atomic E-state index is -0.00424. The van der Waals surface area contributed by atoms with Crippen molar-refractivity contribution in [1.29, 1.82) is 0 Å². The molecule has 0 aromatic carbocycles. The molecule has 0 radical (unpaired) electrons. The molecule has 0 N–H and O–H groups in total. The van der Waals surface area contributed by atoms with Gasteiger partial charge in [-0.15, -0.1) is 0 Å². The molecule has 18 heavy (non-hydrogen) atoms. The van der Waals surface area contributed by atoms with Crippen LogP contribution in [0.1, 0.15) is 26.2 Å². The zero-order valence-electron chi connectivity index (χ0n) is 10.3. The molecule has 1 atom stereocenters. The van der Waals surface area contributed by atoms with E-state index in [9.17, 15) is 4.79 Å². The topological polar surface area (TPSA) is 55.3 Å². The second-order valence-corrected chi connectivity index (χ2v) is 5.17. The predicted molar refractivity (Wildman–Crippen MR) is 70.3 cm³/mol. The van der Waals surface area contributed by atoms with Crippen molar-refractivity contribution in [3.8, 4) is 6.01 Å². The summed E-state index contributed by atoms with van der Waals surface area (Å²) in [5.41, 5.74) is 0. The third kappa shape index (κ3) is 3.41. The lowest BCUT2D eigenvalue weighted by atomic mass is 10.1. The second kappa shape index (κ2) is 6.13. The quantitative estimate of drug-likeness (QED) is 0.856. The zero-order valence-corrected chi connectivity index (χ0v) is 11.9. The Morgan fingerprint density at radius 1 is 1.56 bits per heavy atom. The van der Waals surface area contributed by atoms with Crippen molar-refractivity contribution >= 4 is 21.8 Å². The van der Waals surface area contributed by atoms with Gasteiger partial charge in [-0.1, -0.05) is 6.92 Å². The van der Waals surface area contributed by atoms with E-state index in [0.29, 0.717) is 19.0 Å². The molecule has 0 bridgehead atoms. The Bertz CT molecular complexity index is 410. The van der Waals surface area contributed by atoms with Gasteiger partial charge >= 0.3 is 6.01 Å². The van der Waals surface area contributed by atoms with Gasteiger partial charge in [-0.05, 0) is 28.8 Å². The molecule has 0 saturated carbocycles. The fourth-order valence-electron chi connectivity index (χ4n) is 1.99. The van der Waals surface area contributed by atoms with Crippen LogP contribution in [-0.4, -0.2) is 40.0 Å². The summed E-state index contributed by atoms with van der Waals surface area (Å²) in [5.74, 6) is 0.181. The molecule has 98 valence electrons. The third-order valence-corrected chi connectivity index (χ3v) is 3.31. The maximum absolute atomic E-state index is 11.6. The summed E-state index contributed by atoms with van der Waals surface area (Å²) >= 11 is 3.28. The highest BCUT2D eigenvalue weighted by atomic mass is 79.9. The standard InChI is InChI=1S/C12H16BrN3O2/c1-2-11(17)16-5-3-4-10(8-16)18-12-14-6-9(13)7-15-12/h6-7,10H,2-5,8H2,1H3. The molecule has 2 rings (SSSR count). The highest BCUT2D eigenvalue weighted by molar-refractivity contribution is 9.10. The lowest BCUT2D eigenvalue weighted by Crippen LogP contribution is -2.44. The number of aromatic nitrogens is 2. The first-order chi connectivity index (χ1) is 8.69. The van der Waals surface area contributed by atoms with Crippen LogP contribution < -0.4 is 4.74 Å². The number of nitrogens with zero attached hydrogens (tertiary/aromatic N) is 3. The van der Waals surface area contributed by atoms with Gasteiger partial charge in [0.15, 0.2) is 0 Å². The van der Waals surface area contributed by atoms with E-state index in [2.05, 4.69) is 25.9 Å². The number of ether oxygens (including phenoxy) is 1. The maximum Gasteiger partial charge on any atom is 0.316 e. The lowest BCUT2D eigenvalue weighted by molar-refractivity contribution is -0.133. The number of amides is 1. The van der Waals surface area contributed by atoms with Gasteiger partial charge in [-0.2, -0.15) is 0 Å². The number of hydrogen-bond donors (Lipinski definition) is 0. The van der Waals surface area contributed by atoms with Gasteiger partial charge in [0.2, 0.25) is 5.91 Å². The summed E-state index contributed by atoms with van der Waals surface area (Å²) in [7, 11) is 0. The van der Waals surface area contributed by atoms with Crippen LogP contribution in [0, 0.1) is 0 Å². The number of rotatable bonds is 3. The number of carbonyl (C=O) groups excluding carboxylic acids is 1. The van der Waals surface area contributed by atoms with Crippen LogP contribution >= 0.6 is 15.9 Å². The Morgan fingerprint density at radius 2 is 2.28 bits per heavy atom. The van der Waals surface area contributed by atoms with Crippen molar-refractivity contribution in [1.82, 2.24) is 14.9 Å². The summed E-state index contributed by atoms with van der Waals surface area (Å²) in [6.07, 6.45) is 5.75. The number of likely N-dealkylation sites (tertiary alicyclic amines) is 1. The fraction of sp³-hybridized carbons (Fsp3) is 0.583. The number of hydrogen-bond acceptors (Lipinski definition) is 4. The van der Waals surface area contributed by atoms with Crippen molar-refractivity contribution in [2.24, 2.45) is 0 Å². The van der Waals surface area contributed by atoms with E-state index in [1.807, 2.05) is 11.8 Å². The van der Waals surface area contributed by atoms with E-state index in [-0.39, 0.29) is 12.0 Å². The van der Waals surface area contributed by atoms with E-state index in [4.69, 9.17) is 4.74 Å². The first kappa shape index (κ1) is 13.3. The van der Waals surface area contributed by atoms with Crippen LogP contribution in [0.3, 0.4) is 0 Å². The third-order valence-electron chi connectivity index (χ3n) is 2.90. The number of piperidine rings is 1. The van der Waals surface area contributed by atoms with Crippen molar-refractivity contribution < 1.29 is 9.53 Å². The Labute approximate surface area is 115 Å². The minimum absolute atomic E-state index is 0.00424. The van der Waals surface area contributed by atoms with Crippen LogP contribution in [0.15, 0.2) is 16.9 Å². The number of halogens is 1. The largest absolute Gasteiger partial charge is 0.458 e. The van der Waals surface area contributed by atoms with E-state index in [0.717, 1.165) is 23.9 Å². The summed E-state index contributed by atoms with van der Waals surface area (Å²) in [6, 6.07) is 0.369. The Hall–Kier alpha value is -1.17. The smallest absolute Gasteiger partial charge is 0.316 e. The maximum atomic E-state index is 11.6. The van der Waals surface area contributed by atoms with Crippen LogP contribution in [0.2, 0.25) is 0 Å². The van der Waals surface area contributed by atoms with Crippen LogP contribution in [0.25, 0.3) is 0 Å². The summed E-state index contributed by atoms with van der Waals surface area (Å²) in [4.78, 5) is 21.7. The molecular formula is C12H16BrN3O2. The van der Waals surface area contributed by atoms with Crippen LogP contribution in [-0.2, 0) is 4.79 Å². The first-order valence-corrected chi connectivity index (χ1v) is 6.90. The molecule has 1 aliphatic heterocycles. The summed E-state index contributed by atoms with van der Waals surface area (Å²) in [5, 5.41) is 0. The van der Waals surface area contributed by atoms with Crippen molar-refractivity contribution in [3.05, 3.63) is 16.9 Å². The van der Waals surface area contributed by atoms with E-state index < -0.39 is 0 Å². The SMILES string of the molecule is CCC(=O)N1CCCC(Oc2ncc(Br)cn2)C1. The molecule has 0 aliphatic carbocycles. The molecule has 1 unspecified atom stereocenters. The highest BCUT2D eigenvalue weighted by Gasteiger charge is 2.24. The van der Waals surface area contributed by atoms with E-state index in [1.54, 1.807) is 12.4 Å². The van der Waals surface area contributed by atoms with Crippen molar-refractivity contribution in [2.75, 3.05) is 13.1 Å². The van der Waals surface area contributed by atoms with Gasteiger partial charge in [0.25, 0.3) is 0 Å². The summed E-state index contributed by atoms with van der Waals surface area (Å²) < 4.78 is 6.52. The van der Waals surface area contributed by atoms with Crippen LogP contribution in [0.4, 0.5) is 0 Å². The molecule has 1 aliphatic rings. The minimum Gasteiger partial charge on any atom is -0.458 e. The summed E-state index contributed by atoms with van der Waals surface area (Å²) in [6.45, 7) is 3.34. The van der Waals surface area contributed by atoms with Gasteiger partial charge < -0.3 is 9.64 Å². The molecule has 0 spiro atoms. The molecule has 1 aromatic heterocycles. The van der Waals surface area contributed by atoms with Gasteiger partial charge in [-0.25, -0.2) is 9.97 Å². The molecule has 2 heterocycles. The molecule has 6 heteroatoms. The average molecular weight is 314 g/mol. The van der Waals surface area contributed by atoms with Gasteiger partial charge in [0, 0.05) is 25.4 Å². The Kier molecular flexibility index (Phi) is 4.52. The highest BCUT2D eigenvalue weighted by Crippen LogP contribution is 2.16. The van der Waals surface area contributed by atoms with Crippen molar-refractivity contribution in [3.63, 3.8) is 0 Å². The van der Waals surface area contributed by atoms with Gasteiger partial charge in [0.1, 0.15) is 6.10 Å². The fourth-order valence-corrected chi connectivity index (χ4v) is 2.20. The predicted octanol–water partition coefficient (Wildman–Crippen LogP) is 2.02. The average Bonchev–Trinajstić information content (AvgIpc) is 2.41. The molecule has 1 fully saturated rings. The zero-order chi connectivity index (χ0) is 13.0. The van der Waals surface area contributed by atoms with E-state index in [1.165, 1.54) is 0 Å². The molecule has 5 nitrogen and oxygen atoms in total. The van der Waals surface area contributed by atoms with Gasteiger partial charge in [-0.3, -0.25) is 4.79 Å². The van der Waals surface area contributed by atoms with Crippen LogP contribution in [0.5, 0.6) is 6.01 Å². The first-order valence-electron chi connectivity index (χ1n) is 6.11. The second-order valence-electron chi connectivity index (χ2n) is 4.26. The Morgan fingerprint density at radius 3 is 2.94 bits per heavy atom. The lowest BCUT2D eigenvalue weighted by Gasteiger charge is -2.32. The molecule has 1 saturated heterocycles. The van der Waals surface area contributed by atoms with Gasteiger partial charge in [0.05, 0.1) is 11.0 Å². The number of carbonyl (C=O) groups is 1. The normalized spacial score (nSPS) is 19.7. The molecular weight excluding hydrogens is 298 g/mol. The molecule has 1 aromatic rings. The van der Waals surface area contributed by atoms with E-state index >= 15 is 0 Å². The monoisotopic (exact) mass is 313 g/mol. The Balaban J connectivity index is 1.93. The molecule has 1 amide bonds. The van der Waals surface area contributed by atoms with Crippen molar-refractivity contribution in [2.45, 2.75) is 32.3 Å².